The zero-order chi connectivity index (χ0) is 20.6. The second-order valence-corrected chi connectivity index (χ2v) is 8.42. The molecule has 1 N–H and O–H groups in total. The SMILES string of the molecule is COc1cc2c(=O)n3c(nc2c2c1OC(C)(C)C=C2)-c1[nH]c2ccccc2c1CC3. The van der Waals surface area contributed by atoms with Crippen molar-refractivity contribution in [1.29, 1.82) is 0 Å². The van der Waals surface area contributed by atoms with Crippen molar-refractivity contribution in [2.45, 2.75) is 32.4 Å². The van der Waals surface area contributed by atoms with Gasteiger partial charge < -0.3 is 14.5 Å². The first-order chi connectivity index (χ1) is 14.5. The van der Waals surface area contributed by atoms with E-state index in [1.54, 1.807) is 17.7 Å². The Kier molecular flexibility index (Phi) is 3.32. The molecule has 2 aliphatic heterocycles. The van der Waals surface area contributed by atoms with Crippen LogP contribution in [-0.4, -0.2) is 27.2 Å². The van der Waals surface area contributed by atoms with Gasteiger partial charge in [-0.3, -0.25) is 9.36 Å². The summed E-state index contributed by atoms with van der Waals surface area (Å²) in [5, 5.41) is 1.73. The van der Waals surface area contributed by atoms with E-state index in [4.69, 9.17) is 14.5 Å². The Bertz CT molecular complexity index is 1460. The van der Waals surface area contributed by atoms with Gasteiger partial charge in [0.2, 0.25) is 0 Å². The van der Waals surface area contributed by atoms with Gasteiger partial charge in [-0.2, -0.15) is 0 Å². The van der Waals surface area contributed by atoms with Crippen LogP contribution in [0.3, 0.4) is 0 Å². The number of nitrogens with zero attached hydrogens (tertiary/aromatic N) is 2. The Morgan fingerprint density at radius 1 is 1.23 bits per heavy atom. The van der Waals surface area contributed by atoms with Crippen LogP contribution in [0.1, 0.15) is 25.0 Å². The monoisotopic (exact) mass is 399 g/mol. The van der Waals surface area contributed by atoms with Crippen LogP contribution in [0.25, 0.3) is 39.4 Å². The van der Waals surface area contributed by atoms with Crippen LogP contribution in [0.15, 0.2) is 41.2 Å². The molecule has 0 spiro atoms. The molecule has 6 rings (SSSR count). The number of hydrogen-bond acceptors (Lipinski definition) is 4. The van der Waals surface area contributed by atoms with E-state index in [9.17, 15) is 4.79 Å². The summed E-state index contributed by atoms with van der Waals surface area (Å²) in [6.07, 6.45) is 4.77. The van der Waals surface area contributed by atoms with E-state index in [0.29, 0.717) is 34.8 Å². The average molecular weight is 399 g/mol. The number of ether oxygens (including phenoxy) is 2. The van der Waals surface area contributed by atoms with Crippen molar-refractivity contribution in [2.75, 3.05) is 7.11 Å². The standard InChI is InChI=1S/C24H21N3O3/c1-24(2)10-8-15-19-16(12-18(29-3)21(15)30-24)23(28)27-11-9-14-13-6-4-5-7-17(13)25-20(14)22(27)26-19/h4-8,10,12,25H,9,11H2,1-3H3. The molecule has 0 unspecified atom stereocenters. The molecular weight excluding hydrogens is 378 g/mol. The van der Waals surface area contributed by atoms with E-state index in [1.807, 2.05) is 38.1 Å². The number of aryl methyl sites for hydroxylation is 1. The summed E-state index contributed by atoms with van der Waals surface area (Å²) in [7, 11) is 1.59. The highest BCUT2D eigenvalue weighted by molar-refractivity contribution is 5.95. The van der Waals surface area contributed by atoms with Crippen molar-refractivity contribution in [1.82, 2.24) is 14.5 Å². The van der Waals surface area contributed by atoms with Crippen molar-refractivity contribution < 1.29 is 9.47 Å². The van der Waals surface area contributed by atoms with Crippen molar-refractivity contribution in [2.24, 2.45) is 0 Å². The number of H-pyrrole nitrogens is 1. The smallest absolute Gasteiger partial charge is 0.261 e. The number of benzene rings is 2. The molecule has 0 saturated carbocycles. The normalized spacial score (nSPS) is 16.1. The molecule has 4 aromatic rings. The third-order valence-corrected chi connectivity index (χ3v) is 6.06. The van der Waals surface area contributed by atoms with Gasteiger partial charge in [-0.15, -0.1) is 0 Å². The first-order valence-corrected chi connectivity index (χ1v) is 10.1. The van der Waals surface area contributed by atoms with Crippen LogP contribution >= 0.6 is 0 Å². The lowest BCUT2D eigenvalue weighted by Gasteiger charge is -2.29. The number of fused-ring (bicyclic) bond motifs is 8. The highest BCUT2D eigenvalue weighted by atomic mass is 16.5. The predicted molar refractivity (Wildman–Crippen MR) is 117 cm³/mol. The van der Waals surface area contributed by atoms with E-state index < -0.39 is 5.60 Å². The number of para-hydroxylation sites is 1. The molecule has 0 saturated heterocycles. The largest absolute Gasteiger partial charge is 0.493 e. The van der Waals surface area contributed by atoms with E-state index >= 15 is 0 Å². The second kappa shape index (κ2) is 5.75. The van der Waals surface area contributed by atoms with Gasteiger partial charge in [0.15, 0.2) is 17.3 Å². The Morgan fingerprint density at radius 3 is 2.90 bits per heavy atom. The van der Waals surface area contributed by atoms with Crippen LogP contribution < -0.4 is 15.0 Å². The third-order valence-electron chi connectivity index (χ3n) is 6.06. The number of aromatic amines is 1. The fourth-order valence-electron chi connectivity index (χ4n) is 4.61. The Labute approximate surface area is 172 Å². The summed E-state index contributed by atoms with van der Waals surface area (Å²) in [6.45, 7) is 4.58. The van der Waals surface area contributed by atoms with Crippen molar-refractivity contribution >= 4 is 27.9 Å². The highest BCUT2D eigenvalue weighted by Gasteiger charge is 2.30. The van der Waals surface area contributed by atoms with Gasteiger partial charge in [-0.05, 0) is 50.1 Å². The molecule has 0 radical (unpaired) electrons. The summed E-state index contributed by atoms with van der Waals surface area (Å²) in [5.74, 6) is 1.86. The van der Waals surface area contributed by atoms with Gasteiger partial charge in [0.1, 0.15) is 5.60 Å². The minimum Gasteiger partial charge on any atom is -0.493 e. The highest BCUT2D eigenvalue weighted by Crippen LogP contribution is 2.43. The lowest BCUT2D eigenvalue weighted by atomic mass is 9.99. The maximum Gasteiger partial charge on any atom is 0.261 e. The summed E-state index contributed by atoms with van der Waals surface area (Å²) >= 11 is 0. The van der Waals surface area contributed by atoms with E-state index in [1.165, 1.54) is 10.9 Å². The number of methoxy groups -OCH3 is 1. The quantitative estimate of drug-likeness (QED) is 0.518. The molecule has 0 fully saturated rings. The zero-order valence-electron chi connectivity index (χ0n) is 17.1. The molecule has 2 aromatic heterocycles. The molecule has 0 amide bonds. The molecule has 0 aliphatic carbocycles. The van der Waals surface area contributed by atoms with Crippen molar-refractivity contribution in [3.63, 3.8) is 0 Å². The molecule has 0 bridgehead atoms. The number of nitrogens with one attached hydrogen (secondary N) is 1. The van der Waals surface area contributed by atoms with Gasteiger partial charge in [-0.1, -0.05) is 18.2 Å². The molecule has 6 nitrogen and oxygen atoms in total. The maximum absolute atomic E-state index is 13.5. The number of aromatic nitrogens is 3. The number of rotatable bonds is 1. The second-order valence-electron chi connectivity index (χ2n) is 8.42. The van der Waals surface area contributed by atoms with Crippen molar-refractivity contribution in [3.05, 3.63) is 57.9 Å². The topological polar surface area (TPSA) is 69.1 Å². The summed E-state index contributed by atoms with van der Waals surface area (Å²) in [6, 6.07) is 9.98. The first-order valence-electron chi connectivity index (χ1n) is 10.1. The van der Waals surface area contributed by atoms with E-state index in [0.717, 1.165) is 23.2 Å². The average Bonchev–Trinajstić information content (AvgIpc) is 3.12. The fourth-order valence-corrected chi connectivity index (χ4v) is 4.61. The summed E-state index contributed by atoms with van der Waals surface area (Å²) < 4.78 is 13.5. The summed E-state index contributed by atoms with van der Waals surface area (Å²) in [4.78, 5) is 21.9. The molecule has 2 aliphatic rings. The Balaban J connectivity index is 1.71. The zero-order valence-corrected chi connectivity index (χ0v) is 17.1. The first kappa shape index (κ1) is 17.3. The predicted octanol–water partition coefficient (Wildman–Crippen LogP) is 4.29. The van der Waals surface area contributed by atoms with Gasteiger partial charge in [-0.25, -0.2) is 4.98 Å². The molecule has 2 aromatic carbocycles. The fraction of sp³-hybridized carbons (Fsp3) is 0.250. The minimum atomic E-state index is -0.457. The molecule has 4 heterocycles. The van der Waals surface area contributed by atoms with Gasteiger partial charge in [0.05, 0.1) is 23.7 Å². The van der Waals surface area contributed by atoms with E-state index in [2.05, 4.69) is 17.1 Å². The van der Waals surface area contributed by atoms with Crippen molar-refractivity contribution in [3.8, 4) is 23.0 Å². The summed E-state index contributed by atoms with van der Waals surface area (Å²) in [5.41, 5.74) is 4.11. The molecule has 150 valence electrons. The van der Waals surface area contributed by atoms with Gasteiger partial charge >= 0.3 is 0 Å². The Hall–Kier alpha value is -3.54. The van der Waals surface area contributed by atoms with Crippen LogP contribution in [-0.2, 0) is 13.0 Å². The number of hydrogen-bond donors (Lipinski definition) is 1. The molecule has 0 atom stereocenters. The lowest BCUT2D eigenvalue weighted by Crippen LogP contribution is -2.30. The lowest BCUT2D eigenvalue weighted by molar-refractivity contribution is 0.152. The molecule has 6 heteroatoms. The van der Waals surface area contributed by atoms with Gasteiger partial charge in [0, 0.05) is 23.0 Å². The van der Waals surface area contributed by atoms with Crippen LogP contribution in [0, 0.1) is 0 Å². The van der Waals surface area contributed by atoms with E-state index in [-0.39, 0.29) is 5.56 Å². The Morgan fingerprint density at radius 2 is 2.07 bits per heavy atom. The van der Waals surface area contributed by atoms with Crippen LogP contribution in [0.2, 0.25) is 0 Å². The third kappa shape index (κ3) is 2.24. The van der Waals surface area contributed by atoms with Crippen LogP contribution in [0.4, 0.5) is 0 Å². The maximum atomic E-state index is 13.5. The van der Waals surface area contributed by atoms with Gasteiger partial charge in [0.25, 0.3) is 5.56 Å². The molecular formula is C24H21N3O3. The van der Waals surface area contributed by atoms with Crippen LogP contribution in [0.5, 0.6) is 11.5 Å². The molecule has 30 heavy (non-hydrogen) atoms. The minimum absolute atomic E-state index is 0.0568.